The van der Waals surface area contributed by atoms with Gasteiger partial charge in [-0.3, -0.25) is 0 Å². The Morgan fingerprint density at radius 1 is 0.267 bits per heavy atom. The minimum Gasteiger partial charge on any atom is -2.00 e. The molecule has 15 heteroatoms. The molecule has 0 aliphatic rings. The van der Waals surface area contributed by atoms with E-state index in [4.69, 9.17) is 0 Å². The largest absolute Gasteiger partial charge is 5.00 e. The zero-order valence-corrected chi connectivity index (χ0v) is 13.0. The predicted molar refractivity (Wildman–Crippen MR) is 6.18 cm³/mol. The van der Waals surface area contributed by atoms with Crippen LogP contribution in [-0.2, 0) is 155 Å². The first-order valence-electron chi connectivity index (χ1n) is 0. The van der Waals surface area contributed by atoms with Crippen LogP contribution in [0.1, 0.15) is 0 Å². The van der Waals surface area contributed by atoms with Crippen LogP contribution in [0.4, 0.5) is 0 Å². The summed E-state index contributed by atoms with van der Waals surface area (Å²) in [6.07, 6.45) is 0. The molecule has 0 N–H and O–H groups in total. The minimum absolute atomic E-state index is 0. The van der Waals surface area contributed by atoms with Crippen LogP contribution < -0.4 is 0 Å². The van der Waals surface area contributed by atoms with Gasteiger partial charge in [0.05, 0.1) is 0 Å². The fraction of sp³-hybridized carbons (Fsp3) is 0. The third kappa shape index (κ3) is 449. The van der Waals surface area contributed by atoms with Crippen LogP contribution >= 0.6 is 0 Å². The number of rotatable bonds is 0. The van der Waals surface area contributed by atoms with Crippen molar-refractivity contribution in [1.82, 2.24) is 0 Å². The monoisotopic (exact) mass is 482 g/mol. The molecule has 9 nitrogen and oxygen atoms in total. The Hall–Kier alpha value is 2.89. The standard InChI is InChI=1S/2Cu.2Mn.9O.2V/q4*+2;9*-2;2*+5. The quantitative estimate of drug-likeness (QED) is 0.373. The van der Waals surface area contributed by atoms with Gasteiger partial charge >= 0.3 is 105 Å². The van der Waals surface area contributed by atoms with Crippen LogP contribution in [0.5, 0.6) is 0 Å². The molecule has 0 spiro atoms. The van der Waals surface area contributed by atoms with Gasteiger partial charge in [-0.2, -0.15) is 0 Å². The van der Waals surface area contributed by atoms with Gasteiger partial charge in [-0.05, 0) is 0 Å². The van der Waals surface area contributed by atoms with E-state index in [0.29, 0.717) is 0 Å². The van der Waals surface area contributed by atoms with Crippen molar-refractivity contribution in [2.24, 2.45) is 0 Å². The van der Waals surface area contributed by atoms with Gasteiger partial charge in [0.1, 0.15) is 0 Å². The third-order valence-electron chi connectivity index (χ3n) is 0. The van der Waals surface area contributed by atoms with Gasteiger partial charge in [0.15, 0.2) is 0 Å². The smallest absolute Gasteiger partial charge is 2.00 e. The van der Waals surface area contributed by atoms with Crippen LogP contribution in [0.15, 0.2) is 0 Å². The van der Waals surface area contributed by atoms with Gasteiger partial charge in [-0.25, -0.2) is 0 Å². The fourth-order valence-electron chi connectivity index (χ4n) is 0. The van der Waals surface area contributed by atoms with Crippen molar-refractivity contribution in [2.75, 3.05) is 0 Å². The van der Waals surface area contributed by atoms with E-state index < -0.39 is 0 Å². The van der Waals surface area contributed by atoms with Gasteiger partial charge < -0.3 is 49.3 Å². The Balaban J connectivity index is 0. The van der Waals surface area contributed by atoms with Gasteiger partial charge in [0, 0.05) is 0 Å². The molecule has 0 bridgehead atoms. The van der Waals surface area contributed by atoms with Gasteiger partial charge in [-0.15, -0.1) is 0 Å². The van der Waals surface area contributed by atoms with E-state index in [9.17, 15) is 0 Å². The Morgan fingerprint density at radius 2 is 0.267 bits per heavy atom. The van der Waals surface area contributed by atoms with Crippen molar-refractivity contribution in [3.63, 3.8) is 0 Å². The molecule has 0 heterocycles. The molecule has 4 radical (unpaired) electrons. The summed E-state index contributed by atoms with van der Waals surface area (Å²) >= 11 is 0. The molecule has 0 amide bonds. The van der Waals surface area contributed by atoms with Crippen molar-refractivity contribution in [3.05, 3.63) is 0 Å². The summed E-state index contributed by atoms with van der Waals surface area (Å²) in [5.74, 6) is 0. The van der Waals surface area contributed by atoms with Crippen molar-refractivity contribution in [1.29, 1.82) is 0 Å². The zero-order valence-electron chi connectivity index (χ0n) is 5.93. The van der Waals surface area contributed by atoms with Crippen LogP contribution in [0.25, 0.3) is 0 Å². The van der Waals surface area contributed by atoms with Crippen molar-refractivity contribution in [2.45, 2.75) is 0 Å². The number of hydrogen-bond acceptors (Lipinski definition) is 0. The molecule has 0 aromatic heterocycles. The maximum absolute atomic E-state index is 0. The molecule has 0 aromatic rings. The van der Waals surface area contributed by atoms with Crippen LogP contribution in [0, 0.1) is 0 Å². The van der Waals surface area contributed by atoms with Crippen molar-refractivity contribution >= 4 is 0 Å². The molecule has 0 unspecified atom stereocenters. The summed E-state index contributed by atoms with van der Waals surface area (Å²) in [5.41, 5.74) is 0. The first kappa shape index (κ1) is 612. The van der Waals surface area contributed by atoms with E-state index in [1.165, 1.54) is 0 Å². The third-order valence-corrected chi connectivity index (χ3v) is 0. The molecule has 0 aliphatic heterocycles. The maximum atomic E-state index is 0. The molecule has 15 heavy (non-hydrogen) atoms. The summed E-state index contributed by atoms with van der Waals surface area (Å²) in [5, 5.41) is 0. The van der Waals surface area contributed by atoms with Crippen molar-refractivity contribution in [3.8, 4) is 0 Å². The Labute approximate surface area is 153 Å². The Kier molecular flexibility index (Phi) is 20900. The molecule has 0 saturated carbocycles. The molecular formula is Cu2Mn2O9V2. The zero-order chi connectivity index (χ0) is 0. The SMILES string of the molecule is [Cu+2].[Cu+2].[Mn+2].[Mn+2].[O-2].[O-2].[O-2].[O-2].[O-2].[O-2].[O-2].[O-2].[O-2].[V+5].[V+5]. The molecular weight excluding hydrogens is 483 g/mol. The average Bonchev–Trinajstić information content (AvgIpc) is 0. The van der Waals surface area contributed by atoms with E-state index in [1.54, 1.807) is 0 Å². The Bertz CT molecular complexity index is 24.1. The molecule has 0 saturated heterocycles. The second-order valence-electron chi connectivity index (χ2n) is 0. The normalized spacial score (nSPS) is 0. The maximum Gasteiger partial charge on any atom is 5.00 e. The first-order valence-corrected chi connectivity index (χ1v) is 0. The average molecular weight is 483 g/mol. The Morgan fingerprint density at radius 3 is 0.267 bits per heavy atom. The van der Waals surface area contributed by atoms with Crippen LogP contribution in [0.2, 0.25) is 0 Å². The number of hydrogen-bond donors (Lipinski definition) is 0. The molecule has 0 rings (SSSR count). The minimum atomic E-state index is 0. The summed E-state index contributed by atoms with van der Waals surface area (Å²) in [6, 6.07) is 0. The van der Waals surface area contributed by atoms with E-state index in [-0.39, 0.29) is 155 Å². The molecule has 100 valence electrons. The van der Waals surface area contributed by atoms with Gasteiger partial charge in [0.25, 0.3) is 0 Å². The van der Waals surface area contributed by atoms with Gasteiger partial charge in [-0.1, -0.05) is 0 Å². The van der Waals surface area contributed by atoms with E-state index in [0.717, 1.165) is 0 Å². The molecule has 0 aromatic carbocycles. The summed E-state index contributed by atoms with van der Waals surface area (Å²) in [6.45, 7) is 0. The second-order valence-corrected chi connectivity index (χ2v) is 0. The van der Waals surface area contributed by atoms with E-state index in [1.807, 2.05) is 0 Å². The predicted octanol–water partition coefficient (Wildman–Crippen LogP) is -1.08. The second kappa shape index (κ2) is 511. The van der Waals surface area contributed by atoms with Crippen LogP contribution in [-0.4, -0.2) is 0 Å². The topological polar surface area (TPSA) is 256 Å². The molecule has 0 fully saturated rings. The van der Waals surface area contributed by atoms with Crippen LogP contribution in [0.3, 0.4) is 0 Å². The van der Waals surface area contributed by atoms with Crippen molar-refractivity contribution < 1.29 is 155 Å². The summed E-state index contributed by atoms with van der Waals surface area (Å²) in [4.78, 5) is 0. The van der Waals surface area contributed by atoms with E-state index >= 15 is 0 Å². The fourth-order valence-corrected chi connectivity index (χ4v) is 0. The molecule has 0 atom stereocenters. The first-order chi connectivity index (χ1) is 0. The van der Waals surface area contributed by atoms with Gasteiger partial charge in [0.2, 0.25) is 0 Å². The van der Waals surface area contributed by atoms with E-state index in [2.05, 4.69) is 0 Å². The summed E-state index contributed by atoms with van der Waals surface area (Å²) < 4.78 is 0. The molecule has 0 aliphatic carbocycles. The summed E-state index contributed by atoms with van der Waals surface area (Å²) in [7, 11) is 0.